The van der Waals surface area contributed by atoms with Gasteiger partial charge in [-0.15, -0.1) is 0 Å². The maximum absolute atomic E-state index is 13.4. The number of anilines is 1. The Morgan fingerprint density at radius 3 is 2.87 bits per heavy atom. The van der Waals surface area contributed by atoms with Crippen LogP contribution in [0.5, 0.6) is 5.75 Å². The lowest BCUT2D eigenvalue weighted by molar-refractivity contribution is 0.321. The van der Waals surface area contributed by atoms with Gasteiger partial charge >= 0.3 is 0 Å². The van der Waals surface area contributed by atoms with Crippen LogP contribution in [0.3, 0.4) is 0 Å². The highest BCUT2D eigenvalue weighted by molar-refractivity contribution is 5.47. The summed E-state index contributed by atoms with van der Waals surface area (Å²) in [7, 11) is 0. The lowest BCUT2D eigenvalue weighted by Gasteiger charge is -2.08. The van der Waals surface area contributed by atoms with Crippen LogP contribution in [0.25, 0.3) is 0 Å². The Kier molecular flexibility index (Phi) is 3.09. The summed E-state index contributed by atoms with van der Waals surface area (Å²) in [6.45, 7) is 3.29. The van der Waals surface area contributed by atoms with Crippen LogP contribution in [-0.4, -0.2) is 13.2 Å². The topological polar surface area (TPSA) is 21.3 Å². The fourth-order valence-corrected chi connectivity index (χ4v) is 1.47. The molecule has 0 saturated heterocycles. The van der Waals surface area contributed by atoms with Crippen molar-refractivity contribution in [2.75, 3.05) is 18.5 Å². The molecular weight excluding hydrogens is 193 g/mol. The van der Waals surface area contributed by atoms with Gasteiger partial charge in [-0.2, -0.15) is 0 Å². The second-order valence-corrected chi connectivity index (χ2v) is 3.90. The molecule has 0 amide bonds. The molecular formula is C12H16FNO. The molecule has 0 bridgehead atoms. The van der Waals surface area contributed by atoms with Gasteiger partial charge < -0.3 is 10.1 Å². The van der Waals surface area contributed by atoms with Gasteiger partial charge in [-0.05, 0) is 37.8 Å². The Bertz CT molecular complexity index is 336. The minimum Gasteiger partial charge on any atom is -0.491 e. The van der Waals surface area contributed by atoms with Crippen LogP contribution in [0.1, 0.15) is 19.8 Å². The van der Waals surface area contributed by atoms with Crippen molar-refractivity contribution in [3.05, 3.63) is 24.0 Å². The molecule has 0 spiro atoms. The van der Waals surface area contributed by atoms with Crippen molar-refractivity contribution < 1.29 is 9.13 Å². The normalized spacial score (nSPS) is 15.1. The lowest BCUT2D eigenvalue weighted by Crippen LogP contribution is -2.03. The number of hydrogen-bond donors (Lipinski definition) is 1. The quantitative estimate of drug-likeness (QED) is 0.804. The molecule has 1 saturated carbocycles. The Hall–Kier alpha value is -1.25. The van der Waals surface area contributed by atoms with Crippen LogP contribution in [0.15, 0.2) is 18.2 Å². The van der Waals surface area contributed by atoms with E-state index in [1.165, 1.54) is 18.9 Å². The highest BCUT2D eigenvalue weighted by Gasteiger charge is 2.20. The van der Waals surface area contributed by atoms with Crippen molar-refractivity contribution in [2.45, 2.75) is 19.8 Å². The fourth-order valence-electron chi connectivity index (χ4n) is 1.47. The Morgan fingerprint density at radius 2 is 2.27 bits per heavy atom. The van der Waals surface area contributed by atoms with E-state index >= 15 is 0 Å². The molecule has 0 aliphatic heterocycles. The van der Waals surface area contributed by atoms with Crippen molar-refractivity contribution in [1.82, 2.24) is 0 Å². The standard InChI is InChI=1S/C12H16FNO/c1-2-15-12-6-5-10(7-11(12)13)14-8-9-3-4-9/h5-7,9,14H,2-4,8H2,1H3. The summed E-state index contributed by atoms with van der Waals surface area (Å²) >= 11 is 0. The van der Waals surface area contributed by atoms with E-state index in [1.54, 1.807) is 6.07 Å². The first-order valence-corrected chi connectivity index (χ1v) is 5.46. The Morgan fingerprint density at radius 1 is 1.47 bits per heavy atom. The Balaban J connectivity index is 1.96. The SMILES string of the molecule is CCOc1ccc(NCC2CC2)cc1F. The van der Waals surface area contributed by atoms with E-state index in [1.807, 2.05) is 13.0 Å². The molecule has 2 rings (SSSR count). The Labute approximate surface area is 89.4 Å². The molecule has 3 heteroatoms. The monoisotopic (exact) mass is 209 g/mol. The first kappa shape index (κ1) is 10.3. The van der Waals surface area contributed by atoms with Crippen LogP contribution < -0.4 is 10.1 Å². The van der Waals surface area contributed by atoms with Crippen LogP contribution >= 0.6 is 0 Å². The zero-order chi connectivity index (χ0) is 10.7. The summed E-state index contributed by atoms with van der Waals surface area (Å²) in [6.07, 6.45) is 2.60. The molecule has 1 aromatic rings. The van der Waals surface area contributed by atoms with Crippen LogP contribution in [-0.2, 0) is 0 Å². The molecule has 0 unspecified atom stereocenters. The van der Waals surface area contributed by atoms with E-state index in [0.717, 1.165) is 18.2 Å². The predicted molar refractivity (Wildman–Crippen MR) is 58.8 cm³/mol. The van der Waals surface area contributed by atoms with E-state index in [0.29, 0.717) is 12.4 Å². The molecule has 2 nitrogen and oxygen atoms in total. The van der Waals surface area contributed by atoms with Crippen molar-refractivity contribution in [1.29, 1.82) is 0 Å². The zero-order valence-electron chi connectivity index (χ0n) is 8.92. The van der Waals surface area contributed by atoms with E-state index in [-0.39, 0.29) is 5.82 Å². The molecule has 1 aliphatic rings. The average Bonchev–Trinajstić information content (AvgIpc) is 3.03. The third kappa shape index (κ3) is 2.85. The first-order chi connectivity index (χ1) is 7.29. The number of hydrogen-bond acceptors (Lipinski definition) is 2. The molecule has 15 heavy (non-hydrogen) atoms. The van der Waals surface area contributed by atoms with Gasteiger partial charge in [0.1, 0.15) is 0 Å². The van der Waals surface area contributed by atoms with E-state index in [2.05, 4.69) is 5.32 Å². The van der Waals surface area contributed by atoms with E-state index < -0.39 is 0 Å². The van der Waals surface area contributed by atoms with Crippen LogP contribution in [0.4, 0.5) is 10.1 Å². The molecule has 1 aliphatic carbocycles. The second kappa shape index (κ2) is 4.51. The van der Waals surface area contributed by atoms with Gasteiger partial charge in [-0.3, -0.25) is 0 Å². The minimum absolute atomic E-state index is 0.294. The zero-order valence-corrected chi connectivity index (χ0v) is 8.92. The average molecular weight is 209 g/mol. The maximum Gasteiger partial charge on any atom is 0.167 e. The number of benzene rings is 1. The summed E-state index contributed by atoms with van der Waals surface area (Å²) in [6, 6.07) is 5.03. The maximum atomic E-state index is 13.4. The largest absolute Gasteiger partial charge is 0.491 e. The van der Waals surface area contributed by atoms with E-state index in [9.17, 15) is 4.39 Å². The lowest BCUT2D eigenvalue weighted by atomic mass is 10.2. The molecule has 1 aromatic carbocycles. The van der Waals surface area contributed by atoms with Crippen LogP contribution in [0, 0.1) is 11.7 Å². The molecule has 0 atom stereocenters. The minimum atomic E-state index is -0.294. The first-order valence-electron chi connectivity index (χ1n) is 5.46. The van der Waals surface area contributed by atoms with Gasteiger partial charge in [-0.1, -0.05) is 0 Å². The van der Waals surface area contributed by atoms with Gasteiger partial charge in [0, 0.05) is 18.3 Å². The second-order valence-electron chi connectivity index (χ2n) is 3.90. The number of nitrogens with one attached hydrogen (secondary N) is 1. The van der Waals surface area contributed by atoms with Crippen molar-refractivity contribution in [3.8, 4) is 5.75 Å². The molecule has 82 valence electrons. The van der Waals surface area contributed by atoms with Gasteiger partial charge in [-0.25, -0.2) is 4.39 Å². The van der Waals surface area contributed by atoms with Crippen LogP contribution in [0.2, 0.25) is 0 Å². The number of rotatable bonds is 5. The summed E-state index contributed by atoms with van der Waals surface area (Å²) in [5.74, 6) is 0.826. The van der Waals surface area contributed by atoms with Gasteiger partial charge in [0.15, 0.2) is 11.6 Å². The van der Waals surface area contributed by atoms with E-state index in [4.69, 9.17) is 4.74 Å². The molecule has 0 heterocycles. The molecule has 0 radical (unpaired) electrons. The molecule has 1 N–H and O–H groups in total. The highest BCUT2D eigenvalue weighted by Crippen LogP contribution is 2.29. The van der Waals surface area contributed by atoms with Gasteiger partial charge in [0.05, 0.1) is 6.61 Å². The molecule has 0 aromatic heterocycles. The number of halogens is 1. The third-order valence-electron chi connectivity index (χ3n) is 2.52. The predicted octanol–water partition coefficient (Wildman–Crippen LogP) is 3.05. The summed E-state index contributed by atoms with van der Waals surface area (Å²) in [4.78, 5) is 0. The van der Waals surface area contributed by atoms with Gasteiger partial charge in [0.25, 0.3) is 0 Å². The molecule has 1 fully saturated rings. The summed E-state index contributed by atoms with van der Waals surface area (Å²) in [5.41, 5.74) is 0.836. The third-order valence-corrected chi connectivity index (χ3v) is 2.52. The number of ether oxygens (including phenoxy) is 1. The van der Waals surface area contributed by atoms with Crippen molar-refractivity contribution >= 4 is 5.69 Å². The van der Waals surface area contributed by atoms with Gasteiger partial charge in [0.2, 0.25) is 0 Å². The summed E-state index contributed by atoms with van der Waals surface area (Å²) < 4.78 is 18.5. The summed E-state index contributed by atoms with van der Waals surface area (Å²) in [5, 5.41) is 3.22. The smallest absolute Gasteiger partial charge is 0.167 e. The van der Waals surface area contributed by atoms with Crippen molar-refractivity contribution in [2.24, 2.45) is 5.92 Å². The highest BCUT2D eigenvalue weighted by atomic mass is 19.1. The fraction of sp³-hybridized carbons (Fsp3) is 0.500. The van der Waals surface area contributed by atoms with Crippen molar-refractivity contribution in [3.63, 3.8) is 0 Å².